The van der Waals surface area contributed by atoms with Crippen LogP contribution < -0.4 is 10.6 Å². The smallest absolute Gasteiger partial charge is 0.319 e. The molecule has 0 bridgehead atoms. The van der Waals surface area contributed by atoms with Crippen LogP contribution in [0.2, 0.25) is 0 Å². The zero-order valence-corrected chi connectivity index (χ0v) is 12.2. The number of carbonyl (C=O) groups excluding carboxylic acids is 1. The maximum Gasteiger partial charge on any atom is 0.319 e. The van der Waals surface area contributed by atoms with E-state index < -0.39 is 11.8 Å². The Labute approximate surface area is 132 Å². The fourth-order valence-corrected chi connectivity index (χ4v) is 2.08. The maximum absolute atomic E-state index is 13.4. The van der Waals surface area contributed by atoms with Crippen LogP contribution in [0.4, 0.5) is 14.9 Å². The van der Waals surface area contributed by atoms with Crippen molar-refractivity contribution >= 4 is 11.7 Å². The fraction of sp³-hybridized carbons (Fsp3) is 0.0588. The van der Waals surface area contributed by atoms with Crippen LogP contribution in [0, 0.1) is 5.82 Å². The third kappa shape index (κ3) is 3.74. The number of anilines is 1. The third-order valence-corrected chi connectivity index (χ3v) is 3.23. The number of carbonyl (C=O) groups is 1. The van der Waals surface area contributed by atoms with Crippen LogP contribution in [0.3, 0.4) is 0 Å². The summed E-state index contributed by atoms with van der Waals surface area (Å²) >= 11 is 0. The number of halogens is 1. The van der Waals surface area contributed by atoms with E-state index in [4.69, 9.17) is 0 Å². The summed E-state index contributed by atoms with van der Waals surface area (Å²) in [6, 6.07) is 15.2. The quantitative estimate of drug-likeness (QED) is 0.776. The second kappa shape index (κ2) is 6.74. The first-order valence-corrected chi connectivity index (χ1v) is 7.11. The van der Waals surface area contributed by atoms with Gasteiger partial charge in [0.2, 0.25) is 0 Å². The summed E-state index contributed by atoms with van der Waals surface area (Å²) in [5, 5.41) is 9.38. The lowest BCUT2D eigenvalue weighted by Crippen LogP contribution is -2.28. The van der Waals surface area contributed by atoms with E-state index in [-0.39, 0.29) is 5.69 Å². The molecule has 1 aromatic heterocycles. The minimum atomic E-state index is -0.473. The molecule has 3 rings (SSSR count). The van der Waals surface area contributed by atoms with Gasteiger partial charge in [-0.15, -0.1) is 0 Å². The lowest BCUT2D eigenvalue weighted by Gasteiger charge is -2.07. The second-order valence-corrected chi connectivity index (χ2v) is 4.92. The van der Waals surface area contributed by atoms with E-state index in [9.17, 15) is 9.18 Å². The van der Waals surface area contributed by atoms with Crippen molar-refractivity contribution in [3.63, 3.8) is 0 Å². The molecule has 2 N–H and O–H groups in total. The van der Waals surface area contributed by atoms with E-state index >= 15 is 0 Å². The molecule has 0 saturated heterocycles. The molecule has 0 aliphatic carbocycles. The molecule has 2 amide bonds. The molecule has 23 heavy (non-hydrogen) atoms. The summed E-state index contributed by atoms with van der Waals surface area (Å²) in [5.74, 6) is -0.473. The Morgan fingerprint density at radius 1 is 1.09 bits per heavy atom. The van der Waals surface area contributed by atoms with E-state index in [1.165, 1.54) is 12.1 Å². The Morgan fingerprint density at radius 3 is 2.61 bits per heavy atom. The van der Waals surface area contributed by atoms with Crippen molar-refractivity contribution in [1.82, 2.24) is 15.1 Å². The van der Waals surface area contributed by atoms with Crippen molar-refractivity contribution in [1.29, 1.82) is 0 Å². The number of nitrogens with zero attached hydrogens (tertiary/aromatic N) is 2. The van der Waals surface area contributed by atoms with Crippen molar-refractivity contribution < 1.29 is 9.18 Å². The summed E-state index contributed by atoms with van der Waals surface area (Å²) < 4.78 is 15.2. The molecular formula is C17H15FN4O. The Morgan fingerprint density at radius 2 is 1.83 bits per heavy atom. The summed E-state index contributed by atoms with van der Waals surface area (Å²) in [7, 11) is 0. The Balaban J connectivity index is 1.58. The van der Waals surface area contributed by atoms with Gasteiger partial charge in [-0.2, -0.15) is 5.10 Å². The number of hydrogen-bond donors (Lipinski definition) is 2. The summed E-state index contributed by atoms with van der Waals surface area (Å²) in [6.45, 7) is 0.299. The lowest BCUT2D eigenvalue weighted by atomic mass is 10.3. The van der Waals surface area contributed by atoms with Gasteiger partial charge in [0.1, 0.15) is 5.82 Å². The topological polar surface area (TPSA) is 59.0 Å². The number of hydrogen-bond acceptors (Lipinski definition) is 2. The van der Waals surface area contributed by atoms with Crippen LogP contribution in [0.25, 0.3) is 5.69 Å². The second-order valence-electron chi connectivity index (χ2n) is 4.92. The van der Waals surface area contributed by atoms with E-state index in [2.05, 4.69) is 15.7 Å². The molecule has 0 aliphatic heterocycles. The molecule has 0 spiro atoms. The first-order chi connectivity index (χ1) is 11.2. The largest absolute Gasteiger partial charge is 0.334 e. The first-order valence-electron chi connectivity index (χ1n) is 7.11. The van der Waals surface area contributed by atoms with Gasteiger partial charge in [0, 0.05) is 18.3 Å². The lowest BCUT2D eigenvalue weighted by molar-refractivity contribution is 0.251. The number of rotatable bonds is 4. The molecule has 0 radical (unpaired) electrons. The van der Waals surface area contributed by atoms with Gasteiger partial charge in [0.15, 0.2) is 0 Å². The Bertz CT molecular complexity index is 801. The molecule has 0 atom stereocenters. The number of para-hydroxylation sites is 2. The van der Waals surface area contributed by atoms with Gasteiger partial charge in [-0.05, 0) is 24.3 Å². The molecule has 6 heteroatoms. The van der Waals surface area contributed by atoms with Crippen LogP contribution in [0.1, 0.15) is 5.56 Å². The van der Waals surface area contributed by atoms with Crippen LogP contribution in [0.15, 0.2) is 67.0 Å². The maximum atomic E-state index is 13.4. The van der Waals surface area contributed by atoms with Gasteiger partial charge < -0.3 is 10.6 Å². The van der Waals surface area contributed by atoms with Crippen molar-refractivity contribution in [2.45, 2.75) is 6.54 Å². The van der Waals surface area contributed by atoms with Crippen molar-refractivity contribution in [2.75, 3.05) is 5.32 Å². The molecule has 0 saturated carbocycles. The molecule has 1 heterocycles. The summed E-state index contributed by atoms with van der Waals surface area (Å²) in [4.78, 5) is 11.8. The SMILES string of the molecule is O=C(NCc1cnn(-c2ccccc2)c1)Nc1ccccc1F. The van der Waals surface area contributed by atoms with E-state index in [1.54, 1.807) is 23.0 Å². The Kier molecular flexibility index (Phi) is 4.33. The molecule has 0 fully saturated rings. The highest BCUT2D eigenvalue weighted by molar-refractivity contribution is 5.89. The highest BCUT2D eigenvalue weighted by atomic mass is 19.1. The van der Waals surface area contributed by atoms with Crippen molar-refractivity contribution in [2.24, 2.45) is 0 Å². The fourth-order valence-electron chi connectivity index (χ4n) is 2.08. The average molecular weight is 310 g/mol. The van der Waals surface area contributed by atoms with Gasteiger partial charge in [-0.1, -0.05) is 30.3 Å². The molecule has 0 unspecified atom stereocenters. The van der Waals surface area contributed by atoms with Gasteiger partial charge in [-0.25, -0.2) is 13.9 Å². The number of benzene rings is 2. The first kappa shape index (κ1) is 14.8. The number of urea groups is 1. The Hall–Kier alpha value is -3.15. The molecule has 2 aromatic carbocycles. The van der Waals surface area contributed by atoms with Crippen LogP contribution in [-0.4, -0.2) is 15.8 Å². The predicted molar refractivity (Wildman–Crippen MR) is 85.8 cm³/mol. The highest BCUT2D eigenvalue weighted by Crippen LogP contribution is 2.12. The molecule has 5 nitrogen and oxygen atoms in total. The monoisotopic (exact) mass is 310 g/mol. The number of nitrogens with one attached hydrogen (secondary N) is 2. The summed E-state index contributed by atoms with van der Waals surface area (Å²) in [5.41, 5.74) is 1.93. The van der Waals surface area contributed by atoms with E-state index in [0.29, 0.717) is 6.54 Å². The minimum absolute atomic E-state index is 0.144. The third-order valence-electron chi connectivity index (χ3n) is 3.23. The van der Waals surface area contributed by atoms with Crippen molar-refractivity contribution in [3.05, 3.63) is 78.4 Å². The zero-order valence-electron chi connectivity index (χ0n) is 12.2. The van der Waals surface area contributed by atoms with E-state index in [0.717, 1.165) is 11.3 Å². The average Bonchev–Trinajstić information content (AvgIpc) is 3.05. The van der Waals surface area contributed by atoms with Crippen LogP contribution >= 0.6 is 0 Å². The van der Waals surface area contributed by atoms with Crippen LogP contribution in [0.5, 0.6) is 0 Å². The molecule has 0 aliphatic rings. The van der Waals surface area contributed by atoms with Gasteiger partial charge in [-0.3, -0.25) is 0 Å². The zero-order chi connectivity index (χ0) is 16.1. The highest BCUT2D eigenvalue weighted by Gasteiger charge is 2.06. The van der Waals surface area contributed by atoms with Gasteiger partial charge in [0.05, 0.1) is 17.6 Å². The standard InChI is InChI=1S/C17H15FN4O/c18-15-8-4-5-9-16(15)21-17(23)19-10-13-11-20-22(12-13)14-6-2-1-3-7-14/h1-9,11-12H,10H2,(H2,19,21,23). The number of amides is 2. The van der Waals surface area contributed by atoms with Gasteiger partial charge in [0.25, 0.3) is 0 Å². The van der Waals surface area contributed by atoms with Crippen molar-refractivity contribution in [3.8, 4) is 5.69 Å². The number of aromatic nitrogens is 2. The van der Waals surface area contributed by atoms with E-state index in [1.807, 2.05) is 36.5 Å². The molecular weight excluding hydrogens is 295 g/mol. The normalized spacial score (nSPS) is 10.3. The summed E-state index contributed by atoms with van der Waals surface area (Å²) in [6.07, 6.45) is 3.51. The van der Waals surface area contributed by atoms with Crippen LogP contribution in [-0.2, 0) is 6.54 Å². The molecule has 3 aromatic rings. The predicted octanol–water partition coefficient (Wildman–Crippen LogP) is 3.33. The van der Waals surface area contributed by atoms with Gasteiger partial charge >= 0.3 is 6.03 Å². The minimum Gasteiger partial charge on any atom is -0.334 e. The molecule has 116 valence electrons.